The van der Waals surface area contributed by atoms with Crippen LogP contribution in [0.2, 0.25) is 0 Å². The number of rotatable bonds is 5. The first-order valence-corrected chi connectivity index (χ1v) is 11.6. The number of aryl methyl sites for hydroxylation is 1. The predicted molar refractivity (Wildman–Crippen MR) is 115 cm³/mol. The van der Waals surface area contributed by atoms with Gasteiger partial charge in [-0.25, -0.2) is 17.6 Å². The van der Waals surface area contributed by atoms with Gasteiger partial charge < -0.3 is 4.74 Å². The molecule has 0 unspecified atom stereocenters. The molecule has 0 bridgehead atoms. The zero-order valence-corrected chi connectivity index (χ0v) is 18.0. The van der Waals surface area contributed by atoms with Crippen LogP contribution in [0.4, 0.5) is 4.39 Å². The topological polar surface area (TPSA) is 76.6 Å². The van der Waals surface area contributed by atoms with Crippen molar-refractivity contribution in [2.24, 2.45) is 0 Å². The quantitative estimate of drug-likeness (QED) is 0.553. The molecule has 1 saturated heterocycles. The van der Waals surface area contributed by atoms with E-state index in [4.69, 9.17) is 4.74 Å². The first-order valence-electron chi connectivity index (χ1n) is 10.2. The molecule has 1 aliphatic heterocycles. The first kappa shape index (κ1) is 21.4. The zero-order chi connectivity index (χ0) is 22.0. The number of hydrogen-bond donors (Lipinski definition) is 0. The van der Waals surface area contributed by atoms with Crippen LogP contribution in [0.5, 0.6) is 0 Å². The van der Waals surface area contributed by atoms with E-state index in [2.05, 4.69) is 4.98 Å². The molecule has 0 aliphatic carbocycles. The van der Waals surface area contributed by atoms with Crippen molar-refractivity contribution < 1.29 is 22.3 Å². The van der Waals surface area contributed by atoms with Gasteiger partial charge in [-0.2, -0.15) is 4.31 Å². The van der Waals surface area contributed by atoms with Crippen LogP contribution in [0.1, 0.15) is 40.7 Å². The Bertz CT molecular complexity index is 1240. The highest BCUT2D eigenvalue weighted by Crippen LogP contribution is 2.25. The van der Waals surface area contributed by atoms with E-state index in [1.807, 2.05) is 0 Å². The van der Waals surface area contributed by atoms with Crippen LogP contribution >= 0.6 is 0 Å². The minimum absolute atomic E-state index is 0.102. The Morgan fingerprint density at radius 2 is 1.90 bits per heavy atom. The number of benzene rings is 2. The fraction of sp³-hybridized carbons (Fsp3) is 0.304. The molecule has 8 heteroatoms. The Balaban J connectivity index is 1.56. The standard InChI is InChI=1S/C23H23FN2O4S/c1-16-7-8-17(14-21(16)31(28,29)26-12-3-2-4-13-26)23(27)30-15-18-9-10-20(24)19-6-5-11-25-22(18)19/h5-11,14H,2-4,12-13,15H2,1H3. The molecular formula is C23H23FN2O4S. The maximum atomic E-state index is 14.0. The van der Waals surface area contributed by atoms with Crippen LogP contribution in [0, 0.1) is 12.7 Å². The molecule has 1 fully saturated rings. The van der Waals surface area contributed by atoms with Crippen LogP contribution in [-0.4, -0.2) is 36.8 Å². The van der Waals surface area contributed by atoms with E-state index >= 15 is 0 Å². The van der Waals surface area contributed by atoms with Crippen LogP contribution in [0.3, 0.4) is 0 Å². The van der Waals surface area contributed by atoms with Gasteiger partial charge in [0.1, 0.15) is 12.4 Å². The molecule has 31 heavy (non-hydrogen) atoms. The number of pyridine rings is 1. The van der Waals surface area contributed by atoms with E-state index in [0.717, 1.165) is 19.3 Å². The summed E-state index contributed by atoms with van der Waals surface area (Å²) in [6, 6.07) is 10.6. The number of hydrogen-bond acceptors (Lipinski definition) is 5. The number of ether oxygens (including phenoxy) is 1. The molecule has 6 nitrogen and oxygen atoms in total. The van der Waals surface area contributed by atoms with E-state index in [0.29, 0.717) is 35.1 Å². The number of sulfonamides is 1. The maximum absolute atomic E-state index is 14.0. The Hall–Kier alpha value is -2.84. The maximum Gasteiger partial charge on any atom is 0.338 e. The molecule has 2 heterocycles. The van der Waals surface area contributed by atoms with E-state index in [1.54, 1.807) is 37.4 Å². The van der Waals surface area contributed by atoms with Gasteiger partial charge in [-0.1, -0.05) is 18.6 Å². The predicted octanol–water partition coefficient (Wildman–Crippen LogP) is 4.21. The second-order valence-corrected chi connectivity index (χ2v) is 9.53. The van der Waals surface area contributed by atoms with Crippen molar-refractivity contribution in [3.8, 4) is 0 Å². The van der Waals surface area contributed by atoms with Crippen LogP contribution in [0.15, 0.2) is 53.6 Å². The second kappa shape index (κ2) is 8.72. The van der Waals surface area contributed by atoms with Crippen LogP contribution in [-0.2, 0) is 21.4 Å². The van der Waals surface area contributed by atoms with Gasteiger partial charge in [0.25, 0.3) is 0 Å². The molecule has 162 valence electrons. The summed E-state index contributed by atoms with van der Waals surface area (Å²) in [5.74, 6) is -1.05. The van der Waals surface area contributed by atoms with Crippen LogP contribution < -0.4 is 0 Å². The number of piperidine rings is 1. The van der Waals surface area contributed by atoms with Crippen molar-refractivity contribution in [1.29, 1.82) is 0 Å². The third-order valence-electron chi connectivity index (χ3n) is 5.52. The van der Waals surface area contributed by atoms with E-state index in [9.17, 15) is 17.6 Å². The lowest BCUT2D eigenvalue weighted by atomic mass is 10.1. The number of esters is 1. The lowest BCUT2D eigenvalue weighted by molar-refractivity contribution is 0.0474. The highest BCUT2D eigenvalue weighted by atomic mass is 32.2. The van der Waals surface area contributed by atoms with Gasteiger partial charge in [-0.05, 0) is 55.7 Å². The molecule has 0 saturated carbocycles. The number of carbonyl (C=O) groups is 1. The zero-order valence-electron chi connectivity index (χ0n) is 17.2. The number of carbonyl (C=O) groups excluding carboxylic acids is 1. The van der Waals surface area contributed by atoms with Crippen LogP contribution in [0.25, 0.3) is 10.9 Å². The number of aromatic nitrogens is 1. The third kappa shape index (κ3) is 4.31. The highest BCUT2D eigenvalue weighted by Gasteiger charge is 2.28. The molecular weight excluding hydrogens is 419 g/mol. The molecule has 0 amide bonds. The molecule has 0 N–H and O–H groups in total. The third-order valence-corrected chi connectivity index (χ3v) is 7.56. The van der Waals surface area contributed by atoms with E-state index < -0.39 is 21.8 Å². The average molecular weight is 443 g/mol. The minimum Gasteiger partial charge on any atom is -0.457 e. The van der Waals surface area contributed by atoms with Gasteiger partial charge in [-0.3, -0.25) is 4.98 Å². The summed E-state index contributed by atoms with van der Waals surface area (Å²) in [6.07, 6.45) is 4.23. The van der Waals surface area contributed by atoms with E-state index in [-0.39, 0.29) is 17.1 Å². The lowest BCUT2D eigenvalue weighted by Gasteiger charge is -2.26. The minimum atomic E-state index is -3.68. The molecule has 3 aromatic rings. The van der Waals surface area contributed by atoms with Crippen molar-refractivity contribution in [2.45, 2.75) is 37.7 Å². The molecule has 2 aromatic carbocycles. The number of halogens is 1. The lowest BCUT2D eigenvalue weighted by Crippen LogP contribution is -2.36. The van der Waals surface area contributed by atoms with Crippen molar-refractivity contribution in [2.75, 3.05) is 13.1 Å². The summed E-state index contributed by atoms with van der Waals surface area (Å²) in [5, 5.41) is 0.348. The molecule has 4 rings (SSSR count). The normalized spacial score (nSPS) is 15.2. The van der Waals surface area contributed by atoms with Gasteiger partial charge in [-0.15, -0.1) is 0 Å². The van der Waals surface area contributed by atoms with Crippen molar-refractivity contribution in [3.63, 3.8) is 0 Å². The summed E-state index contributed by atoms with van der Waals surface area (Å²) in [6.45, 7) is 2.58. The van der Waals surface area contributed by atoms with Crippen molar-refractivity contribution in [1.82, 2.24) is 9.29 Å². The molecule has 1 aromatic heterocycles. The summed E-state index contributed by atoms with van der Waals surface area (Å²) < 4.78 is 47.0. The molecule has 1 aliphatic rings. The Morgan fingerprint density at radius 1 is 1.13 bits per heavy atom. The van der Waals surface area contributed by atoms with E-state index in [1.165, 1.54) is 22.5 Å². The fourth-order valence-electron chi connectivity index (χ4n) is 3.79. The van der Waals surface area contributed by atoms with Crippen molar-refractivity contribution >= 4 is 26.9 Å². The monoisotopic (exact) mass is 442 g/mol. The van der Waals surface area contributed by atoms with Gasteiger partial charge in [0.05, 0.1) is 16.0 Å². The largest absolute Gasteiger partial charge is 0.457 e. The van der Waals surface area contributed by atoms with Gasteiger partial charge in [0.15, 0.2) is 0 Å². The Labute approximate surface area is 180 Å². The first-order chi connectivity index (χ1) is 14.9. The summed E-state index contributed by atoms with van der Waals surface area (Å²) in [7, 11) is -3.68. The molecule has 0 spiro atoms. The van der Waals surface area contributed by atoms with Gasteiger partial charge in [0, 0.05) is 30.2 Å². The summed E-state index contributed by atoms with van der Waals surface area (Å²) >= 11 is 0. The second-order valence-electron chi connectivity index (χ2n) is 7.63. The van der Waals surface area contributed by atoms with Crippen molar-refractivity contribution in [3.05, 3.63) is 71.2 Å². The fourth-order valence-corrected chi connectivity index (χ4v) is 5.56. The molecule has 0 radical (unpaired) electrons. The number of nitrogens with zero attached hydrogens (tertiary/aromatic N) is 2. The molecule has 0 atom stereocenters. The highest BCUT2D eigenvalue weighted by molar-refractivity contribution is 7.89. The smallest absolute Gasteiger partial charge is 0.338 e. The SMILES string of the molecule is Cc1ccc(C(=O)OCc2ccc(F)c3cccnc23)cc1S(=O)(=O)N1CCCCC1. The summed E-state index contributed by atoms with van der Waals surface area (Å²) in [4.78, 5) is 17.0. The number of fused-ring (bicyclic) bond motifs is 1. The van der Waals surface area contributed by atoms with Gasteiger partial charge in [0.2, 0.25) is 10.0 Å². The summed E-state index contributed by atoms with van der Waals surface area (Å²) in [5.41, 5.74) is 1.72. The average Bonchev–Trinajstić information content (AvgIpc) is 2.79. The Kier molecular flexibility index (Phi) is 6.02. The van der Waals surface area contributed by atoms with Gasteiger partial charge >= 0.3 is 5.97 Å². The Morgan fingerprint density at radius 3 is 2.68 bits per heavy atom.